The summed E-state index contributed by atoms with van der Waals surface area (Å²) in [5.74, 6) is 2.60. The predicted octanol–water partition coefficient (Wildman–Crippen LogP) is 2.53. The van der Waals surface area contributed by atoms with Crippen LogP contribution in [-0.2, 0) is 6.54 Å². The van der Waals surface area contributed by atoms with Crippen molar-refractivity contribution in [3.8, 4) is 11.5 Å². The van der Waals surface area contributed by atoms with Gasteiger partial charge in [-0.2, -0.15) is 0 Å². The average molecular weight is 363 g/mol. The third kappa shape index (κ3) is 5.53. The standard InChI is InChI=1S/C20H34N4O2/c1-5-21-20(22-13-17-12-18(26-4)8-9-19(17)25)24-11-10-16(15-24)14-23(6-2)7-3/h8-9,12,16,25H,5-7,10-11,13-15H2,1-4H3,(H,21,22). The molecule has 1 aromatic carbocycles. The number of rotatable bonds is 8. The number of likely N-dealkylation sites (tertiary alicyclic amines) is 1. The maximum atomic E-state index is 10.1. The normalized spacial score (nSPS) is 17.8. The van der Waals surface area contributed by atoms with Gasteiger partial charge >= 0.3 is 0 Å². The van der Waals surface area contributed by atoms with Gasteiger partial charge < -0.3 is 25.0 Å². The Kier molecular flexibility index (Phi) is 8.04. The zero-order chi connectivity index (χ0) is 18.9. The van der Waals surface area contributed by atoms with Crippen LogP contribution in [-0.4, -0.2) is 67.2 Å². The maximum absolute atomic E-state index is 10.1. The summed E-state index contributed by atoms with van der Waals surface area (Å²) in [6, 6.07) is 5.26. The number of nitrogens with zero attached hydrogens (tertiary/aromatic N) is 3. The van der Waals surface area contributed by atoms with Crippen LogP contribution < -0.4 is 10.1 Å². The number of methoxy groups -OCH3 is 1. The van der Waals surface area contributed by atoms with Crippen molar-refractivity contribution in [3.63, 3.8) is 0 Å². The lowest BCUT2D eigenvalue weighted by Crippen LogP contribution is -2.40. The van der Waals surface area contributed by atoms with Crippen molar-refractivity contribution in [3.05, 3.63) is 23.8 Å². The number of benzene rings is 1. The van der Waals surface area contributed by atoms with Crippen LogP contribution in [0, 0.1) is 5.92 Å². The SMILES string of the molecule is CCNC(=NCc1cc(OC)ccc1O)N1CCC(CN(CC)CC)C1. The summed E-state index contributed by atoms with van der Waals surface area (Å²) in [6.07, 6.45) is 1.20. The highest BCUT2D eigenvalue weighted by Gasteiger charge is 2.25. The van der Waals surface area contributed by atoms with Crippen molar-refractivity contribution in [1.82, 2.24) is 15.1 Å². The molecule has 1 unspecified atom stereocenters. The smallest absolute Gasteiger partial charge is 0.194 e. The number of nitrogens with one attached hydrogen (secondary N) is 1. The summed E-state index contributed by atoms with van der Waals surface area (Å²) in [4.78, 5) is 9.59. The molecule has 1 aliphatic heterocycles. The van der Waals surface area contributed by atoms with Gasteiger partial charge in [0, 0.05) is 31.7 Å². The van der Waals surface area contributed by atoms with Gasteiger partial charge in [0.2, 0.25) is 0 Å². The molecule has 0 saturated carbocycles. The Hall–Kier alpha value is -1.95. The van der Waals surface area contributed by atoms with E-state index in [1.54, 1.807) is 19.2 Å². The Balaban J connectivity index is 2.03. The molecule has 1 aliphatic rings. The van der Waals surface area contributed by atoms with Gasteiger partial charge in [0.05, 0.1) is 13.7 Å². The van der Waals surface area contributed by atoms with Crippen molar-refractivity contribution in [2.24, 2.45) is 10.9 Å². The molecule has 1 atom stereocenters. The lowest BCUT2D eigenvalue weighted by atomic mass is 10.1. The van der Waals surface area contributed by atoms with E-state index in [0.29, 0.717) is 12.5 Å². The lowest BCUT2D eigenvalue weighted by Gasteiger charge is -2.24. The molecule has 26 heavy (non-hydrogen) atoms. The predicted molar refractivity (Wildman–Crippen MR) is 107 cm³/mol. The average Bonchev–Trinajstić information content (AvgIpc) is 3.12. The van der Waals surface area contributed by atoms with E-state index in [1.807, 2.05) is 6.07 Å². The topological polar surface area (TPSA) is 60.3 Å². The summed E-state index contributed by atoms with van der Waals surface area (Å²) >= 11 is 0. The molecule has 1 heterocycles. The Labute approximate surface area is 157 Å². The van der Waals surface area contributed by atoms with Crippen molar-refractivity contribution in [1.29, 1.82) is 0 Å². The van der Waals surface area contributed by atoms with Crippen LogP contribution in [0.2, 0.25) is 0 Å². The minimum Gasteiger partial charge on any atom is -0.508 e. The largest absolute Gasteiger partial charge is 0.508 e. The second-order valence-corrected chi connectivity index (χ2v) is 6.75. The van der Waals surface area contributed by atoms with Gasteiger partial charge in [0.25, 0.3) is 0 Å². The van der Waals surface area contributed by atoms with Crippen LogP contribution in [0.25, 0.3) is 0 Å². The molecule has 6 heteroatoms. The Morgan fingerprint density at radius 1 is 1.35 bits per heavy atom. The van der Waals surface area contributed by atoms with Crippen LogP contribution in [0.15, 0.2) is 23.2 Å². The summed E-state index contributed by atoms with van der Waals surface area (Å²) in [7, 11) is 1.63. The van der Waals surface area contributed by atoms with E-state index in [1.165, 1.54) is 6.42 Å². The summed E-state index contributed by atoms with van der Waals surface area (Å²) in [5.41, 5.74) is 0.777. The van der Waals surface area contributed by atoms with Gasteiger partial charge in [0.1, 0.15) is 11.5 Å². The fraction of sp³-hybridized carbons (Fsp3) is 0.650. The molecular weight excluding hydrogens is 328 g/mol. The first-order valence-electron chi connectivity index (χ1n) is 9.72. The minimum atomic E-state index is 0.256. The van der Waals surface area contributed by atoms with E-state index in [4.69, 9.17) is 9.73 Å². The fourth-order valence-corrected chi connectivity index (χ4v) is 3.42. The third-order valence-corrected chi connectivity index (χ3v) is 5.02. The molecule has 1 saturated heterocycles. The van der Waals surface area contributed by atoms with Crippen LogP contribution >= 0.6 is 0 Å². The minimum absolute atomic E-state index is 0.256. The van der Waals surface area contributed by atoms with Crippen molar-refractivity contribution >= 4 is 5.96 Å². The molecular formula is C20H34N4O2. The highest BCUT2D eigenvalue weighted by atomic mass is 16.5. The lowest BCUT2D eigenvalue weighted by molar-refractivity contribution is 0.255. The Morgan fingerprint density at radius 3 is 2.77 bits per heavy atom. The first-order valence-corrected chi connectivity index (χ1v) is 9.72. The van der Waals surface area contributed by atoms with E-state index >= 15 is 0 Å². The summed E-state index contributed by atoms with van der Waals surface area (Å²) in [6.45, 7) is 13.2. The van der Waals surface area contributed by atoms with Gasteiger partial charge in [0.15, 0.2) is 5.96 Å². The zero-order valence-electron chi connectivity index (χ0n) is 16.7. The first-order chi connectivity index (χ1) is 12.6. The van der Waals surface area contributed by atoms with E-state index in [9.17, 15) is 5.11 Å². The van der Waals surface area contributed by atoms with Gasteiger partial charge in [-0.3, -0.25) is 0 Å². The number of phenolic OH excluding ortho intramolecular Hbond substituents is 1. The maximum Gasteiger partial charge on any atom is 0.194 e. The molecule has 2 rings (SSSR count). The zero-order valence-corrected chi connectivity index (χ0v) is 16.7. The molecule has 0 amide bonds. The quantitative estimate of drug-likeness (QED) is 0.550. The highest BCUT2D eigenvalue weighted by molar-refractivity contribution is 5.80. The van der Waals surface area contributed by atoms with Crippen LogP contribution in [0.4, 0.5) is 0 Å². The molecule has 0 radical (unpaired) electrons. The summed E-state index contributed by atoms with van der Waals surface area (Å²) < 4.78 is 5.25. The molecule has 1 fully saturated rings. The van der Waals surface area contributed by atoms with Gasteiger partial charge in [-0.15, -0.1) is 0 Å². The Morgan fingerprint density at radius 2 is 2.12 bits per heavy atom. The molecule has 0 bridgehead atoms. The summed E-state index contributed by atoms with van der Waals surface area (Å²) in [5, 5.41) is 13.5. The number of phenols is 1. The van der Waals surface area contributed by atoms with E-state index < -0.39 is 0 Å². The van der Waals surface area contributed by atoms with Gasteiger partial charge in [-0.05, 0) is 50.6 Å². The molecule has 2 N–H and O–H groups in total. The highest BCUT2D eigenvalue weighted by Crippen LogP contribution is 2.24. The third-order valence-electron chi connectivity index (χ3n) is 5.02. The second-order valence-electron chi connectivity index (χ2n) is 6.75. The Bertz CT molecular complexity index is 587. The molecule has 1 aromatic rings. The fourth-order valence-electron chi connectivity index (χ4n) is 3.42. The number of aliphatic imine (C=N–C) groups is 1. The van der Waals surface area contributed by atoms with Crippen molar-refractivity contribution < 1.29 is 9.84 Å². The van der Waals surface area contributed by atoms with Crippen LogP contribution in [0.5, 0.6) is 11.5 Å². The van der Waals surface area contributed by atoms with Gasteiger partial charge in [-0.25, -0.2) is 4.99 Å². The van der Waals surface area contributed by atoms with Crippen molar-refractivity contribution in [2.45, 2.75) is 33.7 Å². The number of hydrogen-bond donors (Lipinski definition) is 2. The van der Waals surface area contributed by atoms with Crippen molar-refractivity contribution in [2.75, 3.05) is 46.4 Å². The number of hydrogen-bond acceptors (Lipinski definition) is 4. The monoisotopic (exact) mass is 362 g/mol. The van der Waals surface area contributed by atoms with Gasteiger partial charge in [-0.1, -0.05) is 13.8 Å². The number of ether oxygens (including phenoxy) is 1. The van der Waals surface area contributed by atoms with E-state index in [-0.39, 0.29) is 5.75 Å². The molecule has 6 nitrogen and oxygen atoms in total. The van der Waals surface area contributed by atoms with E-state index in [0.717, 1.165) is 56.5 Å². The van der Waals surface area contributed by atoms with Crippen LogP contribution in [0.1, 0.15) is 32.8 Å². The molecule has 0 spiro atoms. The second kappa shape index (κ2) is 10.3. The molecule has 0 aromatic heterocycles. The molecule has 0 aliphatic carbocycles. The number of aromatic hydroxyl groups is 1. The van der Waals surface area contributed by atoms with E-state index in [2.05, 4.69) is 35.9 Å². The molecule has 146 valence electrons. The number of guanidine groups is 1. The van der Waals surface area contributed by atoms with Crippen LogP contribution in [0.3, 0.4) is 0 Å². The first kappa shape index (κ1) is 20.4.